The Balaban J connectivity index is 1.76. The number of hydrogen-bond donors (Lipinski definition) is 2. The number of methoxy groups -OCH3 is 2. The third-order valence-corrected chi connectivity index (χ3v) is 6.90. The summed E-state index contributed by atoms with van der Waals surface area (Å²) in [5, 5.41) is 4.27. The van der Waals surface area contributed by atoms with E-state index in [0.717, 1.165) is 34.9 Å². The number of nitrogens with one attached hydrogen (secondary N) is 1. The predicted molar refractivity (Wildman–Crippen MR) is 136 cm³/mol. The molecule has 0 radical (unpaired) electrons. The van der Waals surface area contributed by atoms with Crippen LogP contribution in [0.15, 0.2) is 30.3 Å². The number of aryl methyl sites for hydroxylation is 2. The third-order valence-electron chi connectivity index (χ3n) is 6.90. The molecule has 3 N–H and O–H groups in total. The molecule has 0 spiro atoms. The molecule has 0 unspecified atom stereocenters. The Morgan fingerprint density at radius 2 is 1.83 bits per heavy atom. The Hall–Kier alpha value is -2.88. The average molecular weight is 501 g/mol. The normalized spacial score (nSPS) is 16.8. The maximum atomic E-state index is 14.6. The summed E-state index contributed by atoms with van der Waals surface area (Å²) in [6.45, 7) is 6.29. The minimum atomic E-state index is -3.15. The summed E-state index contributed by atoms with van der Waals surface area (Å²) >= 11 is 0. The maximum Gasteiger partial charge on any atom is 0.296 e. The Kier molecular flexibility index (Phi) is 7.45. The van der Waals surface area contributed by atoms with E-state index in [1.807, 2.05) is 20.8 Å². The van der Waals surface area contributed by atoms with Gasteiger partial charge in [-0.05, 0) is 61.7 Å². The largest absolute Gasteiger partial charge is 0.399 e. The van der Waals surface area contributed by atoms with Crippen LogP contribution in [-0.2, 0) is 25.7 Å². The molecule has 0 aliphatic carbocycles. The lowest BCUT2D eigenvalue weighted by atomic mass is 9.84. The van der Waals surface area contributed by atoms with Crippen molar-refractivity contribution in [3.63, 3.8) is 0 Å². The summed E-state index contributed by atoms with van der Waals surface area (Å²) in [6, 6.07) is 8.28. The maximum absolute atomic E-state index is 14.6. The number of fused-ring (bicyclic) bond motifs is 1. The lowest BCUT2D eigenvalue weighted by Gasteiger charge is -2.36. The van der Waals surface area contributed by atoms with Gasteiger partial charge in [0.05, 0.1) is 17.2 Å². The Labute approximate surface area is 210 Å². The number of aromatic nitrogens is 2. The van der Waals surface area contributed by atoms with Gasteiger partial charge in [-0.3, -0.25) is 0 Å². The SMILES string of the molecule is COCC(F)(F)c1cc(N)cc([C@@H](C)Nc2nc(C)nc3c(C)cc(C4(OC)CCOCC4)cc23)c1. The van der Waals surface area contributed by atoms with Crippen molar-refractivity contribution in [1.29, 1.82) is 0 Å². The van der Waals surface area contributed by atoms with E-state index in [1.165, 1.54) is 19.2 Å². The smallest absolute Gasteiger partial charge is 0.296 e. The van der Waals surface area contributed by atoms with E-state index in [4.69, 9.17) is 19.9 Å². The third kappa shape index (κ3) is 5.14. The molecule has 0 bridgehead atoms. The number of rotatable bonds is 8. The molecular formula is C27H34F2N4O3. The fourth-order valence-corrected chi connectivity index (χ4v) is 4.89. The molecule has 2 heterocycles. The number of benzene rings is 2. The summed E-state index contributed by atoms with van der Waals surface area (Å²) in [7, 11) is 2.98. The van der Waals surface area contributed by atoms with E-state index in [9.17, 15) is 8.78 Å². The number of nitrogens with two attached hydrogens (primary N) is 1. The van der Waals surface area contributed by atoms with Crippen LogP contribution in [0, 0.1) is 13.8 Å². The molecule has 1 fully saturated rings. The second kappa shape index (κ2) is 10.2. The molecule has 7 nitrogen and oxygen atoms in total. The van der Waals surface area contributed by atoms with Gasteiger partial charge < -0.3 is 25.3 Å². The van der Waals surface area contributed by atoms with Gasteiger partial charge in [0, 0.05) is 56.9 Å². The fraction of sp³-hybridized carbons (Fsp3) is 0.481. The summed E-state index contributed by atoms with van der Waals surface area (Å²) in [6.07, 6.45) is 1.50. The van der Waals surface area contributed by atoms with Crippen molar-refractivity contribution in [2.75, 3.05) is 45.1 Å². The summed E-state index contributed by atoms with van der Waals surface area (Å²) < 4.78 is 45.4. The van der Waals surface area contributed by atoms with Crippen LogP contribution in [0.1, 0.15) is 53.9 Å². The molecule has 1 atom stereocenters. The average Bonchev–Trinajstić information content (AvgIpc) is 2.84. The molecule has 2 aromatic carbocycles. The molecule has 1 aliphatic heterocycles. The predicted octanol–water partition coefficient (Wildman–Crippen LogP) is 5.39. The van der Waals surface area contributed by atoms with Gasteiger partial charge in [0.2, 0.25) is 0 Å². The molecule has 194 valence electrons. The van der Waals surface area contributed by atoms with E-state index in [1.54, 1.807) is 13.2 Å². The van der Waals surface area contributed by atoms with Gasteiger partial charge in [-0.1, -0.05) is 6.07 Å². The number of nitrogens with zero attached hydrogens (tertiary/aromatic N) is 2. The van der Waals surface area contributed by atoms with E-state index in [-0.39, 0.29) is 17.3 Å². The van der Waals surface area contributed by atoms with Crippen molar-refractivity contribution >= 4 is 22.4 Å². The highest BCUT2D eigenvalue weighted by molar-refractivity contribution is 5.92. The monoisotopic (exact) mass is 500 g/mol. The number of anilines is 2. The Bertz CT molecular complexity index is 1250. The fourth-order valence-electron chi connectivity index (χ4n) is 4.89. The number of hydrogen-bond acceptors (Lipinski definition) is 7. The van der Waals surface area contributed by atoms with Gasteiger partial charge in [-0.2, -0.15) is 8.78 Å². The van der Waals surface area contributed by atoms with E-state index < -0.39 is 18.1 Å². The van der Waals surface area contributed by atoms with Gasteiger partial charge in [-0.15, -0.1) is 0 Å². The molecule has 36 heavy (non-hydrogen) atoms. The molecule has 3 aromatic rings. The van der Waals surface area contributed by atoms with Crippen molar-refractivity contribution in [3.05, 3.63) is 58.4 Å². The molecule has 9 heteroatoms. The minimum absolute atomic E-state index is 0.184. The highest BCUT2D eigenvalue weighted by atomic mass is 19.3. The Morgan fingerprint density at radius 1 is 1.11 bits per heavy atom. The second-order valence-electron chi connectivity index (χ2n) is 9.51. The van der Waals surface area contributed by atoms with Crippen LogP contribution in [-0.4, -0.2) is 44.0 Å². The van der Waals surface area contributed by atoms with Gasteiger partial charge >= 0.3 is 0 Å². The number of ether oxygens (including phenoxy) is 3. The van der Waals surface area contributed by atoms with Crippen molar-refractivity contribution in [3.8, 4) is 0 Å². The van der Waals surface area contributed by atoms with E-state index in [0.29, 0.717) is 30.4 Å². The first-order chi connectivity index (χ1) is 17.1. The van der Waals surface area contributed by atoms with E-state index >= 15 is 0 Å². The van der Waals surface area contributed by atoms with Crippen LogP contribution in [0.2, 0.25) is 0 Å². The molecule has 0 amide bonds. The van der Waals surface area contributed by atoms with Gasteiger partial charge in [0.25, 0.3) is 5.92 Å². The Morgan fingerprint density at radius 3 is 2.50 bits per heavy atom. The van der Waals surface area contributed by atoms with Crippen LogP contribution < -0.4 is 11.1 Å². The first-order valence-electron chi connectivity index (χ1n) is 12.0. The van der Waals surface area contributed by atoms with Gasteiger partial charge in [-0.25, -0.2) is 9.97 Å². The summed E-state index contributed by atoms with van der Waals surface area (Å²) in [5.74, 6) is -1.91. The van der Waals surface area contributed by atoms with Crippen LogP contribution in [0.3, 0.4) is 0 Å². The van der Waals surface area contributed by atoms with E-state index in [2.05, 4.69) is 27.4 Å². The van der Waals surface area contributed by atoms with Crippen LogP contribution in [0.5, 0.6) is 0 Å². The van der Waals surface area contributed by atoms with Gasteiger partial charge in [0.15, 0.2) is 0 Å². The molecular weight excluding hydrogens is 466 g/mol. The van der Waals surface area contributed by atoms with Crippen molar-refractivity contribution in [2.45, 2.75) is 51.2 Å². The van der Waals surface area contributed by atoms with Crippen LogP contribution in [0.4, 0.5) is 20.3 Å². The lowest BCUT2D eigenvalue weighted by molar-refractivity contribution is -0.0947. The number of alkyl halides is 2. The first kappa shape index (κ1) is 26.2. The molecule has 1 saturated heterocycles. The highest BCUT2D eigenvalue weighted by Crippen LogP contribution is 2.39. The number of halogens is 2. The van der Waals surface area contributed by atoms with Gasteiger partial charge in [0.1, 0.15) is 18.2 Å². The van der Waals surface area contributed by atoms with Crippen LogP contribution >= 0.6 is 0 Å². The van der Waals surface area contributed by atoms with Crippen molar-refractivity contribution in [2.24, 2.45) is 0 Å². The van der Waals surface area contributed by atoms with Crippen LogP contribution in [0.25, 0.3) is 10.9 Å². The molecule has 1 aliphatic rings. The van der Waals surface area contributed by atoms with Crippen molar-refractivity contribution < 1.29 is 23.0 Å². The summed E-state index contributed by atoms with van der Waals surface area (Å²) in [4.78, 5) is 9.36. The second-order valence-corrected chi connectivity index (χ2v) is 9.51. The number of nitrogen functional groups attached to an aromatic ring is 1. The molecule has 4 rings (SSSR count). The zero-order valence-corrected chi connectivity index (χ0v) is 21.5. The summed E-state index contributed by atoms with van der Waals surface area (Å²) in [5.41, 5.74) is 9.14. The zero-order valence-electron chi connectivity index (χ0n) is 21.5. The minimum Gasteiger partial charge on any atom is -0.399 e. The van der Waals surface area contributed by atoms with Crippen molar-refractivity contribution in [1.82, 2.24) is 9.97 Å². The zero-order chi connectivity index (χ0) is 26.1. The first-order valence-corrected chi connectivity index (χ1v) is 12.0. The standard InChI is InChI=1S/C27H34F2N4O3/c1-16-10-20(26(35-5)6-8-36-9-7-26)14-23-24(16)32-18(3)33-25(23)31-17(2)19-11-21(13-22(30)12-19)27(28,29)15-34-4/h10-14,17H,6-9,15,30H2,1-5H3,(H,31,32,33)/t17-/m1/s1. The molecule has 1 aromatic heterocycles. The highest BCUT2D eigenvalue weighted by Gasteiger charge is 2.35. The topological polar surface area (TPSA) is 91.5 Å². The quantitative estimate of drug-likeness (QED) is 0.401. The lowest BCUT2D eigenvalue weighted by Crippen LogP contribution is -2.35. The molecule has 0 saturated carbocycles.